The number of rotatable bonds is 4. The van der Waals surface area contributed by atoms with Crippen LogP contribution in [-0.4, -0.2) is 27.7 Å². The third-order valence-corrected chi connectivity index (χ3v) is 3.28. The molecule has 0 bridgehead atoms. The Bertz CT molecular complexity index is 766. The van der Waals surface area contributed by atoms with E-state index in [0.29, 0.717) is 11.3 Å². The van der Waals surface area contributed by atoms with Crippen molar-refractivity contribution in [3.8, 4) is 0 Å². The molecule has 5 heteroatoms. The molecular formula is C16H15N3O2. The van der Waals surface area contributed by atoms with Crippen molar-refractivity contribution < 1.29 is 9.53 Å². The van der Waals surface area contributed by atoms with Gasteiger partial charge in [0, 0.05) is 6.42 Å². The van der Waals surface area contributed by atoms with Gasteiger partial charge in [-0.2, -0.15) is 5.10 Å². The fourth-order valence-corrected chi connectivity index (χ4v) is 2.22. The second-order valence-electron chi connectivity index (χ2n) is 4.69. The van der Waals surface area contributed by atoms with Gasteiger partial charge in [-0.05, 0) is 24.1 Å². The van der Waals surface area contributed by atoms with Gasteiger partial charge in [-0.25, -0.2) is 14.3 Å². The van der Waals surface area contributed by atoms with E-state index in [-0.39, 0.29) is 0 Å². The fraction of sp³-hybridized carbons (Fsp3) is 0.188. The Hall–Kier alpha value is -2.69. The van der Waals surface area contributed by atoms with Crippen molar-refractivity contribution in [1.29, 1.82) is 0 Å². The van der Waals surface area contributed by atoms with Crippen molar-refractivity contribution in [3.05, 3.63) is 65.6 Å². The SMILES string of the molecule is COC(=O)c1cccc2nc(CCc3ccccc3)nn12. The number of esters is 1. The van der Waals surface area contributed by atoms with Gasteiger partial charge < -0.3 is 4.74 Å². The van der Waals surface area contributed by atoms with Crippen LogP contribution in [0.15, 0.2) is 48.5 Å². The lowest BCUT2D eigenvalue weighted by molar-refractivity contribution is 0.0591. The minimum Gasteiger partial charge on any atom is -0.464 e. The van der Waals surface area contributed by atoms with Crippen molar-refractivity contribution in [1.82, 2.24) is 14.6 Å². The number of carbonyl (C=O) groups excluding carboxylic acids is 1. The second kappa shape index (κ2) is 5.75. The monoisotopic (exact) mass is 281 g/mol. The lowest BCUT2D eigenvalue weighted by Gasteiger charge is -2.00. The van der Waals surface area contributed by atoms with Gasteiger partial charge in [0.1, 0.15) is 0 Å². The first-order valence-corrected chi connectivity index (χ1v) is 6.75. The number of ether oxygens (including phenoxy) is 1. The lowest BCUT2D eigenvalue weighted by Crippen LogP contribution is -2.08. The summed E-state index contributed by atoms with van der Waals surface area (Å²) in [6.45, 7) is 0. The number of methoxy groups -OCH3 is 1. The summed E-state index contributed by atoms with van der Waals surface area (Å²) in [5, 5.41) is 4.40. The first-order chi connectivity index (χ1) is 10.3. The highest BCUT2D eigenvalue weighted by atomic mass is 16.5. The molecule has 0 amide bonds. The largest absolute Gasteiger partial charge is 0.464 e. The molecule has 106 valence electrons. The molecule has 0 atom stereocenters. The molecule has 0 aliphatic rings. The summed E-state index contributed by atoms with van der Waals surface area (Å²) >= 11 is 0. The molecule has 5 nitrogen and oxygen atoms in total. The number of benzene rings is 1. The predicted molar refractivity (Wildman–Crippen MR) is 78.2 cm³/mol. The zero-order valence-corrected chi connectivity index (χ0v) is 11.7. The Morgan fingerprint density at radius 2 is 1.90 bits per heavy atom. The van der Waals surface area contributed by atoms with Crippen LogP contribution in [0, 0.1) is 0 Å². The highest BCUT2D eigenvalue weighted by Gasteiger charge is 2.13. The molecule has 3 aromatic rings. The Morgan fingerprint density at radius 1 is 1.10 bits per heavy atom. The van der Waals surface area contributed by atoms with E-state index in [1.54, 1.807) is 12.1 Å². The summed E-state index contributed by atoms with van der Waals surface area (Å²) in [6, 6.07) is 15.5. The number of hydrogen-bond acceptors (Lipinski definition) is 4. The summed E-state index contributed by atoms with van der Waals surface area (Å²) in [5.74, 6) is 0.301. The maximum Gasteiger partial charge on any atom is 0.356 e. The van der Waals surface area contributed by atoms with Crippen molar-refractivity contribution in [2.24, 2.45) is 0 Å². The number of nitrogens with zero attached hydrogens (tertiary/aromatic N) is 3. The number of hydrogen-bond donors (Lipinski definition) is 0. The van der Waals surface area contributed by atoms with Crippen molar-refractivity contribution >= 4 is 11.6 Å². The molecule has 2 heterocycles. The average Bonchev–Trinajstić information content (AvgIpc) is 2.96. The van der Waals surface area contributed by atoms with Crippen molar-refractivity contribution in [3.63, 3.8) is 0 Å². The average molecular weight is 281 g/mol. The molecule has 0 N–H and O–H groups in total. The number of aryl methyl sites for hydroxylation is 2. The van der Waals surface area contributed by atoms with E-state index in [2.05, 4.69) is 22.2 Å². The zero-order chi connectivity index (χ0) is 14.7. The van der Waals surface area contributed by atoms with E-state index < -0.39 is 5.97 Å². The zero-order valence-electron chi connectivity index (χ0n) is 11.7. The Morgan fingerprint density at radius 3 is 2.67 bits per heavy atom. The van der Waals surface area contributed by atoms with Crippen LogP contribution in [0.25, 0.3) is 5.65 Å². The molecule has 0 saturated heterocycles. The normalized spacial score (nSPS) is 10.7. The fourth-order valence-electron chi connectivity index (χ4n) is 2.22. The molecule has 2 aromatic heterocycles. The lowest BCUT2D eigenvalue weighted by atomic mass is 10.1. The highest BCUT2D eigenvalue weighted by molar-refractivity contribution is 5.88. The van der Waals surface area contributed by atoms with Crippen LogP contribution in [0.5, 0.6) is 0 Å². The van der Waals surface area contributed by atoms with Crippen LogP contribution >= 0.6 is 0 Å². The van der Waals surface area contributed by atoms with E-state index in [1.807, 2.05) is 24.3 Å². The van der Waals surface area contributed by atoms with Crippen molar-refractivity contribution in [2.75, 3.05) is 7.11 Å². The molecule has 3 rings (SSSR count). The van der Waals surface area contributed by atoms with Crippen molar-refractivity contribution in [2.45, 2.75) is 12.8 Å². The van der Waals surface area contributed by atoms with E-state index in [4.69, 9.17) is 4.74 Å². The van der Waals surface area contributed by atoms with Gasteiger partial charge in [0.15, 0.2) is 17.2 Å². The first-order valence-electron chi connectivity index (χ1n) is 6.75. The van der Waals surface area contributed by atoms with Gasteiger partial charge in [0.2, 0.25) is 0 Å². The van der Waals surface area contributed by atoms with Crippen LogP contribution in [0.4, 0.5) is 0 Å². The predicted octanol–water partition coefficient (Wildman–Crippen LogP) is 2.30. The minimum atomic E-state index is -0.417. The maximum absolute atomic E-state index is 11.7. The maximum atomic E-state index is 11.7. The molecule has 0 unspecified atom stereocenters. The van der Waals surface area contributed by atoms with E-state index in [9.17, 15) is 4.79 Å². The molecule has 0 aliphatic heterocycles. The molecule has 21 heavy (non-hydrogen) atoms. The Balaban J connectivity index is 1.86. The third-order valence-electron chi connectivity index (χ3n) is 3.28. The molecule has 0 fully saturated rings. The molecule has 0 radical (unpaired) electrons. The van der Waals surface area contributed by atoms with Gasteiger partial charge in [0.05, 0.1) is 7.11 Å². The number of pyridine rings is 1. The van der Waals surface area contributed by atoms with Crippen LogP contribution in [0.3, 0.4) is 0 Å². The molecule has 0 saturated carbocycles. The summed E-state index contributed by atoms with van der Waals surface area (Å²) < 4.78 is 6.29. The van der Waals surface area contributed by atoms with Gasteiger partial charge in [-0.3, -0.25) is 0 Å². The molecular weight excluding hydrogens is 266 g/mol. The molecule has 0 spiro atoms. The van der Waals surface area contributed by atoms with Gasteiger partial charge in [-0.15, -0.1) is 0 Å². The Kier molecular flexibility index (Phi) is 3.64. The van der Waals surface area contributed by atoms with Crippen LogP contribution in [0.2, 0.25) is 0 Å². The quantitative estimate of drug-likeness (QED) is 0.689. The third kappa shape index (κ3) is 2.76. The smallest absolute Gasteiger partial charge is 0.356 e. The summed E-state index contributed by atoms with van der Waals surface area (Å²) in [7, 11) is 1.36. The van der Waals surface area contributed by atoms with Gasteiger partial charge >= 0.3 is 5.97 Å². The highest BCUT2D eigenvalue weighted by Crippen LogP contribution is 2.09. The first kappa shape index (κ1) is 13.3. The molecule has 0 aliphatic carbocycles. The minimum absolute atomic E-state index is 0.383. The topological polar surface area (TPSA) is 56.5 Å². The van der Waals surface area contributed by atoms with Gasteiger partial charge in [-0.1, -0.05) is 36.4 Å². The van der Waals surface area contributed by atoms with Crippen LogP contribution in [-0.2, 0) is 17.6 Å². The second-order valence-corrected chi connectivity index (χ2v) is 4.69. The van der Waals surface area contributed by atoms with Crippen LogP contribution < -0.4 is 0 Å². The number of carbonyl (C=O) groups is 1. The Labute approximate surface area is 122 Å². The van der Waals surface area contributed by atoms with Gasteiger partial charge in [0.25, 0.3) is 0 Å². The number of fused-ring (bicyclic) bond motifs is 1. The number of aromatic nitrogens is 3. The van der Waals surface area contributed by atoms with Crippen LogP contribution in [0.1, 0.15) is 21.9 Å². The van der Waals surface area contributed by atoms with E-state index in [0.717, 1.165) is 18.7 Å². The summed E-state index contributed by atoms with van der Waals surface area (Å²) in [5.41, 5.74) is 2.28. The van der Waals surface area contributed by atoms with E-state index >= 15 is 0 Å². The standard InChI is InChI=1S/C16H15N3O2/c1-21-16(20)13-8-5-9-15-17-14(18-19(13)15)11-10-12-6-3-2-4-7-12/h2-9H,10-11H2,1H3. The summed E-state index contributed by atoms with van der Waals surface area (Å²) in [4.78, 5) is 16.2. The summed E-state index contributed by atoms with van der Waals surface area (Å²) in [6.07, 6.45) is 1.59. The molecule has 1 aromatic carbocycles. The van der Waals surface area contributed by atoms with E-state index in [1.165, 1.54) is 17.2 Å².